The second-order valence-corrected chi connectivity index (χ2v) is 6.04. The Kier molecular flexibility index (Phi) is 6.75. The number of carbonyl (C=O) groups is 2. The van der Waals surface area contributed by atoms with Crippen LogP contribution in [0, 0.1) is 0 Å². The van der Waals surface area contributed by atoms with Gasteiger partial charge < -0.3 is 10.1 Å². The van der Waals surface area contributed by atoms with Gasteiger partial charge in [-0.25, -0.2) is 0 Å². The number of methoxy groups -OCH3 is 1. The first-order valence-electron chi connectivity index (χ1n) is 8.59. The van der Waals surface area contributed by atoms with Crippen molar-refractivity contribution in [3.05, 3.63) is 65.2 Å². The summed E-state index contributed by atoms with van der Waals surface area (Å²) in [6.07, 6.45) is 1.37. The van der Waals surface area contributed by atoms with Gasteiger partial charge >= 0.3 is 0 Å². The second kappa shape index (κ2) is 9.02. The zero-order chi connectivity index (χ0) is 18.2. The van der Waals surface area contributed by atoms with Crippen molar-refractivity contribution in [1.29, 1.82) is 0 Å². The molecule has 2 aromatic carbocycles. The maximum absolute atomic E-state index is 12.2. The summed E-state index contributed by atoms with van der Waals surface area (Å²) in [6, 6.07) is 15.1. The van der Waals surface area contributed by atoms with Crippen molar-refractivity contribution in [3.8, 4) is 5.75 Å². The molecule has 2 rings (SSSR count). The van der Waals surface area contributed by atoms with Crippen LogP contribution in [0.5, 0.6) is 5.75 Å². The molecule has 4 heteroatoms. The van der Waals surface area contributed by atoms with Crippen molar-refractivity contribution < 1.29 is 14.3 Å². The van der Waals surface area contributed by atoms with Crippen LogP contribution >= 0.6 is 0 Å². The van der Waals surface area contributed by atoms with Crippen LogP contribution in [0.15, 0.2) is 48.5 Å². The van der Waals surface area contributed by atoms with Gasteiger partial charge in [-0.2, -0.15) is 0 Å². The minimum absolute atomic E-state index is 0.0437. The lowest BCUT2D eigenvalue weighted by molar-refractivity contribution is -0.121. The number of ketones is 1. The van der Waals surface area contributed by atoms with E-state index < -0.39 is 0 Å². The van der Waals surface area contributed by atoms with Crippen molar-refractivity contribution in [2.24, 2.45) is 0 Å². The summed E-state index contributed by atoms with van der Waals surface area (Å²) in [6.45, 7) is 4.06. The first kappa shape index (κ1) is 18.7. The highest BCUT2D eigenvalue weighted by Crippen LogP contribution is 2.15. The molecule has 0 aliphatic carbocycles. The molecule has 0 aliphatic rings. The normalized spacial score (nSPS) is 11.6. The Balaban J connectivity index is 1.83. The van der Waals surface area contributed by atoms with Gasteiger partial charge in [-0.15, -0.1) is 0 Å². The molecule has 0 fully saturated rings. The Morgan fingerprint density at radius 3 is 2.20 bits per heavy atom. The number of benzene rings is 2. The number of ether oxygens (including phenoxy) is 1. The number of hydrogen-bond acceptors (Lipinski definition) is 3. The van der Waals surface area contributed by atoms with Crippen LogP contribution in [0.2, 0.25) is 0 Å². The molecule has 0 saturated carbocycles. The van der Waals surface area contributed by atoms with Gasteiger partial charge in [0.05, 0.1) is 13.2 Å². The predicted molar refractivity (Wildman–Crippen MR) is 98.9 cm³/mol. The van der Waals surface area contributed by atoms with Gasteiger partial charge in [-0.05, 0) is 48.7 Å². The number of aryl methyl sites for hydroxylation is 1. The third kappa shape index (κ3) is 5.45. The van der Waals surface area contributed by atoms with E-state index in [1.54, 1.807) is 31.4 Å². The van der Waals surface area contributed by atoms with Gasteiger partial charge in [-0.3, -0.25) is 9.59 Å². The summed E-state index contributed by atoms with van der Waals surface area (Å²) in [5.41, 5.74) is 2.93. The highest BCUT2D eigenvalue weighted by molar-refractivity contribution is 5.98. The van der Waals surface area contributed by atoms with Crippen LogP contribution in [0.25, 0.3) is 0 Å². The topological polar surface area (TPSA) is 55.4 Å². The lowest BCUT2D eigenvalue weighted by atomic mass is 10.0. The molecule has 1 N–H and O–H groups in total. The van der Waals surface area contributed by atoms with E-state index in [9.17, 15) is 9.59 Å². The second-order valence-electron chi connectivity index (χ2n) is 6.04. The average Bonchev–Trinajstić information content (AvgIpc) is 2.66. The molecule has 1 amide bonds. The van der Waals surface area contributed by atoms with E-state index in [1.165, 1.54) is 5.56 Å². The number of hydrogen-bond donors (Lipinski definition) is 1. The van der Waals surface area contributed by atoms with Crippen LogP contribution < -0.4 is 10.1 Å². The Morgan fingerprint density at radius 2 is 1.64 bits per heavy atom. The first-order valence-corrected chi connectivity index (χ1v) is 8.59. The molecule has 132 valence electrons. The molecule has 1 atom stereocenters. The van der Waals surface area contributed by atoms with Gasteiger partial charge in [0.2, 0.25) is 5.91 Å². The van der Waals surface area contributed by atoms with E-state index in [2.05, 4.69) is 24.4 Å². The van der Waals surface area contributed by atoms with E-state index in [-0.39, 0.29) is 30.6 Å². The maximum atomic E-state index is 12.2. The van der Waals surface area contributed by atoms with Gasteiger partial charge in [0.1, 0.15) is 5.75 Å². The van der Waals surface area contributed by atoms with E-state index in [0.717, 1.165) is 12.0 Å². The first-order chi connectivity index (χ1) is 12.0. The quantitative estimate of drug-likeness (QED) is 0.737. The molecule has 0 heterocycles. The molecule has 4 nitrogen and oxygen atoms in total. The molecule has 0 spiro atoms. The summed E-state index contributed by atoms with van der Waals surface area (Å²) in [5, 5.41) is 2.95. The Bertz CT molecular complexity index is 705. The predicted octanol–water partition coefficient (Wildman–Crippen LogP) is 4.10. The van der Waals surface area contributed by atoms with Gasteiger partial charge in [-0.1, -0.05) is 31.2 Å². The molecule has 0 aromatic heterocycles. The number of carbonyl (C=O) groups excluding carboxylic acids is 2. The molecule has 0 aliphatic heterocycles. The number of rotatable bonds is 8. The summed E-state index contributed by atoms with van der Waals surface area (Å²) in [7, 11) is 1.58. The highest BCUT2D eigenvalue weighted by atomic mass is 16.5. The zero-order valence-electron chi connectivity index (χ0n) is 15.0. The summed E-state index contributed by atoms with van der Waals surface area (Å²) < 4.78 is 5.07. The Hall–Kier alpha value is -2.62. The Morgan fingerprint density at radius 1 is 1.00 bits per heavy atom. The third-order valence-corrected chi connectivity index (χ3v) is 4.26. The van der Waals surface area contributed by atoms with E-state index in [1.807, 2.05) is 19.1 Å². The molecule has 0 radical (unpaired) electrons. The Labute approximate surface area is 149 Å². The SMILES string of the molecule is CCc1ccc(C(C)NC(=O)CCC(=O)c2ccc(OC)cc2)cc1. The summed E-state index contributed by atoms with van der Waals surface area (Å²) in [4.78, 5) is 24.3. The number of nitrogens with one attached hydrogen (secondary N) is 1. The fourth-order valence-electron chi connectivity index (χ4n) is 2.59. The maximum Gasteiger partial charge on any atom is 0.220 e. The van der Waals surface area contributed by atoms with Gasteiger partial charge in [0.15, 0.2) is 5.78 Å². The lowest BCUT2D eigenvalue weighted by Gasteiger charge is -2.14. The van der Waals surface area contributed by atoms with Crippen molar-refractivity contribution in [2.75, 3.05) is 7.11 Å². The van der Waals surface area contributed by atoms with Crippen molar-refractivity contribution in [2.45, 2.75) is 39.2 Å². The molecule has 0 bridgehead atoms. The zero-order valence-corrected chi connectivity index (χ0v) is 15.0. The lowest BCUT2D eigenvalue weighted by Crippen LogP contribution is -2.26. The van der Waals surface area contributed by atoms with Crippen LogP contribution in [0.1, 0.15) is 54.2 Å². The van der Waals surface area contributed by atoms with Crippen molar-refractivity contribution >= 4 is 11.7 Å². The van der Waals surface area contributed by atoms with Crippen LogP contribution in [0.3, 0.4) is 0 Å². The standard InChI is InChI=1S/C21H25NO3/c1-4-16-5-7-17(8-6-16)15(2)22-21(24)14-13-20(23)18-9-11-19(25-3)12-10-18/h5-12,15H,4,13-14H2,1-3H3,(H,22,24). The van der Waals surface area contributed by atoms with Crippen LogP contribution in [-0.4, -0.2) is 18.8 Å². The van der Waals surface area contributed by atoms with Gasteiger partial charge in [0.25, 0.3) is 0 Å². The van der Waals surface area contributed by atoms with E-state index >= 15 is 0 Å². The molecule has 0 saturated heterocycles. The van der Waals surface area contributed by atoms with Crippen LogP contribution in [0.4, 0.5) is 0 Å². The van der Waals surface area contributed by atoms with Crippen LogP contribution in [-0.2, 0) is 11.2 Å². The summed E-state index contributed by atoms with van der Waals surface area (Å²) in [5.74, 6) is 0.545. The fraction of sp³-hybridized carbons (Fsp3) is 0.333. The molecule has 2 aromatic rings. The monoisotopic (exact) mass is 339 g/mol. The average molecular weight is 339 g/mol. The van der Waals surface area contributed by atoms with Crippen molar-refractivity contribution in [3.63, 3.8) is 0 Å². The largest absolute Gasteiger partial charge is 0.497 e. The minimum atomic E-state index is -0.117. The number of Topliss-reactive ketones (excluding diaryl/α,β-unsaturated/α-hetero) is 1. The van der Waals surface area contributed by atoms with E-state index in [4.69, 9.17) is 4.74 Å². The van der Waals surface area contributed by atoms with E-state index in [0.29, 0.717) is 11.3 Å². The smallest absolute Gasteiger partial charge is 0.220 e. The molecular weight excluding hydrogens is 314 g/mol. The number of amides is 1. The molecule has 25 heavy (non-hydrogen) atoms. The fourth-order valence-corrected chi connectivity index (χ4v) is 2.59. The molecule has 1 unspecified atom stereocenters. The third-order valence-electron chi connectivity index (χ3n) is 4.26. The summed E-state index contributed by atoms with van der Waals surface area (Å²) >= 11 is 0. The van der Waals surface area contributed by atoms with Gasteiger partial charge in [0, 0.05) is 18.4 Å². The minimum Gasteiger partial charge on any atom is -0.497 e. The highest BCUT2D eigenvalue weighted by Gasteiger charge is 2.12. The molecular formula is C21H25NO3. The van der Waals surface area contributed by atoms with Crippen molar-refractivity contribution in [1.82, 2.24) is 5.32 Å².